The molecule has 0 saturated carbocycles. The molecule has 0 bridgehead atoms. The first-order valence-corrected chi connectivity index (χ1v) is 12.5. The summed E-state index contributed by atoms with van der Waals surface area (Å²) < 4.78 is 126. The fraction of sp³-hybridized carbons (Fsp3) is 0.792. The highest BCUT2D eigenvalue weighted by Gasteiger charge is 2.60. The van der Waals surface area contributed by atoms with Crippen LogP contribution in [0.5, 0.6) is 0 Å². The molecule has 3 aliphatic rings. The van der Waals surface area contributed by atoms with Gasteiger partial charge in [-0.3, -0.25) is 0 Å². The maximum Gasteiger partial charge on any atom is 0.434 e. The van der Waals surface area contributed by atoms with Crippen molar-refractivity contribution < 1.29 is 53.8 Å². The van der Waals surface area contributed by atoms with Crippen molar-refractivity contribution in [3.05, 3.63) is 23.4 Å². The van der Waals surface area contributed by atoms with Crippen LogP contribution in [0.3, 0.4) is 0 Å². The summed E-state index contributed by atoms with van der Waals surface area (Å²) in [6.45, 7) is 4.21. The lowest BCUT2D eigenvalue weighted by atomic mass is 9.80. The zero-order valence-corrected chi connectivity index (χ0v) is 21.6. The summed E-state index contributed by atoms with van der Waals surface area (Å²) >= 11 is 0. The van der Waals surface area contributed by atoms with E-state index in [-0.39, 0.29) is 32.4 Å². The van der Waals surface area contributed by atoms with Gasteiger partial charge in [0.1, 0.15) is 0 Å². The molecule has 2 fully saturated rings. The van der Waals surface area contributed by atoms with E-state index in [1.807, 2.05) is 16.7 Å². The number of allylic oxidation sites excluding steroid dienone is 2. The van der Waals surface area contributed by atoms with Gasteiger partial charge in [0.25, 0.3) is 6.10 Å². The molecule has 1 atom stereocenters. The van der Waals surface area contributed by atoms with E-state index < -0.39 is 42.1 Å². The topological polar surface area (TPSA) is 45.2 Å². The van der Waals surface area contributed by atoms with E-state index in [0.717, 1.165) is 10.5 Å². The standard InChI is InChI=1S/C24H32F9N3O3/c1-21(5-7-36(8-6-21)20(37)39-19(23(28,29)30)24(31,32)33)15-34(2)14-16-3-4-17(22(25,26)27)13-18(16)35-9-11-38-12-10-35/h3,13,17,19H,4-12,14-15H2,1-2H3. The van der Waals surface area contributed by atoms with Crippen LogP contribution in [-0.4, -0.2) is 105 Å². The van der Waals surface area contributed by atoms with Gasteiger partial charge in [0.15, 0.2) is 0 Å². The number of morpholine rings is 1. The van der Waals surface area contributed by atoms with Crippen molar-refractivity contribution in [2.45, 2.75) is 50.8 Å². The third-order valence-corrected chi connectivity index (χ3v) is 7.21. The van der Waals surface area contributed by atoms with Gasteiger partial charge in [0.05, 0.1) is 19.1 Å². The van der Waals surface area contributed by atoms with Gasteiger partial charge in [-0.1, -0.05) is 13.0 Å². The van der Waals surface area contributed by atoms with Crippen molar-refractivity contribution in [3.63, 3.8) is 0 Å². The molecule has 15 heteroatoms. The third kappa shape index (κ3) is 8.41. The van der Waals surface area contributed by atoms with E-state index in [2.05, 4.69) is 4.74 Å². The van der Waals surface area contributed by atoms with Gasteiger partial charge in [0, 0.05) is 45.0 Å². The van der Waals surface area contributed by atoms with Crippen LogP contribution in [-0.2, 0) is 9.47 Å². The second kappa shape index (κ2) is 11.8. The lowest BCUT2D eigenvalue weighted by Crippen LogP contribution is -2.51. The van der Waals surface area contributed by atoms with E-state index in [1.165, 1.54) is 6.08 Å². The van der Waals surface area contributed by atoms with E-state index >= 15 is 0 Å². The number of hydrogen-bond acceptors (Lipinski definition) is 5. The van der Waals surface area contributed by atoms with E-state index in [9.17, 15) is 44.3 Å². The molecule has 1 amide bonds. The van der Waals surface area contributed by atoms with Crippen molar-refractivity contribution in [2.75, 3.05) is 59.5 Å². The third-order valence-electron chi connectivity index (χ3n) is 7.21. The first-order valence-electron chi connectivity index (χ1n) is 12.5. The molecule has 224 valence electrons. The fourth-order valence-electron chi connectivity index (χ4n) is 5.11. The van der Waals surface area contributed by atoms with Crippen molar-refractivity contribution in [1.29, 1.82) is 0 Å². The monoisotopic (exact) mass is 581 g/mol. The maximum absolute atomic E-state index is 13.4. The Morgan fingerprint density at radius 1 is 1.05 bits per heavy atom. The average Bonchev–Trinajstić information content (AvgIpc) is 2.81. The van der Waals surface area contributed by atoms with Crippen LogP contribution >= 0.6 is 0 Å². The highest BCUT2D eigenvalue weighted by atomic mass is 19.4. The van der Waals surface area contributed by atoms with Crippen LogP contribution in [0, 0.1) is 11.3 Å². The minimum Gasteiger partial charge on any atom is -0.426 e. The van der Waals surface area contributed by atoms with Gasteiger partial charge in [-0.2, -0.15) is 39.5 Å². The fourth-order valence-corrected chi connectivity index (χ4v) is 5.11. The quantitative estimate of drug-likeness (QED) is 0.395. The van der Waals surface area contributed by atoms with Crippen LogP contribution in [0.1, 0.15) is 26.2 Å². The number of carbonyl (C=O) groups is 1. The van der Waals surface area contributed by atoms with Crippen LogP contribution in [0.25, 0.3) is 0 Å². The number of alkyl halides is 9. The number of carbonyl (C=O) groups excluding carboxylic acids is 1. The highest BCUT2D eigenvalue weighted by Crippen LogP contribution is 2.39. The number of likely N-dealkylation sites (tertiary alicyclic amines) is 1. The Kier molecular flexibility index (Phi) is 9.45. The molecule has 2 aliphatic heterocycles. The molecule has 3 rings (SSSR count). The summed E-state index contributed by atoms with van der Waals surface area (Å²) in [6.07, 6.45) is -18.6. The largest absolute Gasteiger partial charge is 0.434 e. The molecule has 1 aliphatic carbocycles. The smallest absolute Gasteiger partial charge is 0.426 e. The molecule has 0 N–H and O–H groups in total. The number of halogens is 9. The average molecular weight is 582 g/mol. The number of amides is 1. The van der Waals surface area contributed by atoms with Gasteiger partial charge in [-0.05, 0) is 43.4 Å². The van der Waals surface area contributed by atoms with Crippen LogP contribution in [0.2, 0.25) is 0 Å². The first-order chi connectivity index (χ1) is 17.9. The number of piperidine rings is 1. The van der Waals surface area contributed by atoms with Crippen molar-refractivity contribution in [2.24, 2.45) is 11.3 Å². The number of nitrogens with zero attached hydrogens (tertiary/aromatic N) is 3. The predicted molar refractivity (Wildman–Crippen MR) is 122 cm³/mol. The van der Waals surface area contributed by atoms with E-state index in [0.29, 0.717) is 45.1 Å². The van der Waals surface area contributed by atoms with Crippen LogP contribution < -0.4 is 0 Å². The van der Waals surface area contributed by atoms with Crippen molar-refractivity contribution in [1.82, 2.24) is 14.7 Å². The second-order valence-electron chi connectivity index (χ2n) is 10.6. The van der Waals surface area contributed by atoms with Crippen molar-refractivity contribution in [3.8, 4) is 0 Å². The Hall–Kier alpha value is -2.16. The number of hydrogen-bond donors (Lipinski definition) is 0. The molecule has 0 aromatic rings. The molecular formula is C24H32F9N3O3. The lowest BCUT2D eigenvalue weighted by molar-refractivity contribution is -0.308. The molecule has 39 heavy (non-hydrogen) atoms. The lowest BCUT2D eigenvalue weighted by Gasteiger charge is -2.42. The van der Waals surface area contributed by atoms with Gasteiger partial charge in [0.2, 0.25) is 0 Å². The number of ether oxygens (including phenoxy) is 2. The Morgan fingerprint density at radius 2 is 1.62 bits per heavy atom. The molecule has 0 aromatic heterocycles. The van der Waals surface area contributed by atoms with Crippen LogP contribution in [0.15, 0.2) is 23.4 Å². The highest BCUT2D eigenvalue weighted by molar-refractivity contribution is 5.68. The summed E-state index contributed by atoms with van der Waals surface area (Å²) in [7, 11) is 1.79. The van der Waals surface area contributed by atoms with Gasteiger partial charge >= 0.3 is 24.6 Å². The minimum atomic E-state index is -5.79. The van der Waals surface area contributed by atoms with Crippen LogP contribution in [0.4, 0.5) is 44.3 Å². The molecule has 0 aromatic carbocycles. The van der Waals surface area contributed by atoms with Gasteiger partial charge < -0.3 is 24.2 Å². The summed E-state index contributed by atoms with van der Waals surface area (Å²) in [5.41, 5.74) is 0.825. The summed E-state index contributed by atoms with van der Waals surface area (Å²) in [4.78, 5) is 16.7. The Bertz CT molecular complexity index is 903. The Morgan fingerprint density at radius 3 is 2.13 bits per heavy atom. The van der Waals surface area contributed by atoms with Gasteiger partial charge in [-0.15, -0.1) is 0 Å². The number of likely N-dealkylation sites (N-methyl/N-ethyl adjacent to an activating group) is 1. The Balaban J connectivity index is 1.59. The number of rotatable bonds is 6. The Labute approximate surface area is 220 Å². The second-order valence-corrected chi connectivity index (χ2v) is 10.6. The summed E-state index contributed by atoms with van der Waals surface area (Å²) in [5.74, 6) is -1.58. The molecule has 0 spiro atoms. The zero-order chi connectivity index (χ0) is 29.2. The van der Waals surface area contributed by atoms with E-state index in [1.54, 1.807) is 13.1 Å². The molecule has 2 saturated heterocycles. The zero-order valence-electron chi connectivity index (χ0n) is 21.6. The van der Waals surface area contributed by atoms with E-state index in [4.69, 9.17) is 4.74 Å². The molecule has 2 heterocycles. The summed E-state index contributed by atoms with van der Waals surface area (Å²) in [6, 6.07) is 0. The normalized spacial score (nSPS) is 23.2. The SMILES string of the molecule is CN(CC1=CCC(C(F)(F)F)C=C1N1CCOCC1)CC1(C)CCN(C(=O)OC(C(F)(F)F)C(F)(F)F)CC1. The molecule has 0 radical (unpaired) electrons. The first kappa shape index (κ1) is 31.4. The molecular weight excluding hydrogens is 549 g/mol. The maximum atomic E-state index is 13.4. The van der Waals surface area contributed by atoms with Gasteiger partial charge in [-0.25, -0.2) is 4.79 Å². The molecule has 6 nitrogen and oxygen atoms in total. The van der Waals surface area contributed by atoms with Crippen molar-refractivity contribution >= 4 is 6.09 Å². The molecule has 1 unspecified atom stereocenters. The summed E-state index contributed by atoms with van der Waals surface area (Å²) in [5, 5.41) is 0. The minimum absolute atomic E-state index is 0.0967. The predicted octanol–water partition coefficient (Wildman–Crippen LogP) is 5.37.